The Bertz CT molecular complexity index is 863. The van der Waals surface area contributed by atoms with Crippen molar-refractivity contribution < 1.29 is 9.59 Å². The summed E-state index contributed by atoms with van der Waals surface area (Å²) in [4.78, 5) is 31.1. The minimum absolute atomic E-state index is 0.0162. The van der Waals surface area contributed by atoms with Gasteiger partial charge < -0.3 is 10.2 Å². The second kappa shape index (κ2) is 7.08. The Morgan fingerprint density at radius 1 is 1.19 bits per heavy atom. The number of thiazole rings is 1. The molecule has 5 nitrogen and oxygen atoms in total. The van der Waals surface area contributed by atoms with Crippen molar-refractivity contribution in [3.63, 3.8) is 0 Å². The van der Waals surface area contributed by atoms with Crippen LogP contribution in [0.25, 0.3) is 0 Å². The Morgan fingerprint density at radius 2 is 1.81 bits per heavy atom. The van der Waals surface area contributed by atoms with Crippen molar-refractivity contribution in [2.75, 3.05) is 19.4 Å². The zero-order valence-electron chi connectivity index (χ0n) is 16.8. The van der Waals surface area contributed by atoms with Gasteiger partial charge in [0.1, 0.15) is 4.88 Å². The summed E-state index contributed by atoms with van der Waals surface area (Å²) in [5, 5.41) is 3.39. The van der Waals surface area contributed by atoms with Gasteiger partial charge in [0.05, 0.1) is 5.69 Å². The van der Waals surface area contributed by atoms with Gasteiger partial charge in [-0.2, -0.15) is 0 Å². The second-order valence-electron chi connectivity index (χ2n) is 8.44. The van der Waals surface area contributed by atoms with Crippen molar-refractivity contribution in [3.05, 3.63) is 46.0 Å². The molecule has 1 aromatic heterocycles. The van der Waals surface area contributed by atoms with E-state index in [0.717, 1.165) is 6.42 Å². The molecule has 0 unspecified atom stereocenters. The van der Waals surface area contributed by atoms with Crippen molar-refractivity contribution in [1.82, 2.24) is 9.88 Å². The molecule has 2 atom stereocenters. The van der Waals surface area contributed by atoms with E-state index >= 15 is 0 Å². The Kier molecular flexibility index (Phi) is 5.12. The van der Waals surface area contributed by atoms with Crippen LogP contribution in [0.1, 0.15) is 59.6 Å². The zero-order valence-corrected chi connectivity index (χ0v) is 17.6. The molecule has 3 rings (SSSR count). The van der Waals surface area contributed by atoms with Crippen LogP contribution < -0.4 is 5.32 Å². The lowest BCUT2D eigenvalue weighted by Gasteiger charge is -2.19. The fourth-order valence-corrected chi connectivity index (χ4v) is 4.12. The van der Waals surface area contributed by atoms with E-state index < -0.39 is 0 Å². The molecule has 0 bridgehead atoms. The minimum Gasteiger partial charge on any atom is -0.344 e. The van der Waals surface area contributed by atoms with Crippen LogP contribution in [0.4, 0.5) is 5.13 Å². The molecule has 0 aliphatic heterocycles. The molecule has 144 valence electrons. The number of hydrogen-bond acceptors (Lipinski definition) is 4. The number of nitrogens with zero attached hydrogens (tertiary/aromatic N) is 2. The molecule has 1 N–H and O–H groups in total. The topological polar surface area (TPSA) is 62.3 Å². The van der Waals surface area contributed by atoms with Gasteiger partial charge in [0, 0.05) is 20.0 Å². The fraction of sp³-hybridized carbons (Fsp3) is 0.476. The standard InChI is InChI=1S/C21H27N3O2S/c1-12-17(19(26)24(5)6)27-20(22-12)23-18(25)16-11-15(16)13-7-9-14(10-8-13)21(2,3)4/h7-10,15-16H,11H2,1-6H3,(H,22,23,25)/t15-,16+/m1/s1. The van der Waals surface area contributed by atoms with E-state index in [9.17, 15) is 9.59 Å². The number of carbonyl (C=O) groups excluding carboxylic acids is 2. The molecule has 0 spiro atoms. The monoisotopic (exact) mass is 385 g/mol. The van der Waals surface area contributed by atoms with Crippen molar-refractivity contribution in [2.24, 2.45) is 5.92 Å². The number of hydrogen-bond donors (Lipinski definition) is 1. The molecule has 0 radical (unpaired) electrons. The molecule has 6 heteroatoms. The van der Waals surface area contributed by atoms with Gasteiger partial charge in [0.2, 0.25) is 5.91 Å². The van der Waals surface area contributed by atoms with Crippen molar-refractivity contribution in [1.29, 1.82) is 0 Å². The van der Waals surface area contributed by atoms with E-state index in [0.29, 0.717) is 15.7 Å². The molecule has 1 fully saturated rings. The number of anilines is 1. The molecular weight excluding hydrogens is 358 g/mol. The lowest BCUT2D eigenvalue weighted by Crippen LogP contribution is -2.21. The molecule has 0 saturated heterocycles. The highest BCUT2D eigenvalue weighted by atomic mass is 32.1. The van der Waals surface area contributed by atoms with Gasteiger partial charge in [-0.05, 0) is 35.8 Å². The van der Waals surface area contributed by atoms with E-state index in [1.54, 1.807) is 21.0 Å². The predicted octanol–water partition coefficient (Wildman–Crippen LogP) is 4.19. The first-order valence-electron chi connectivity index (χ1n) is 9.18. The second-order valence-corrected chi connectivity index (χ2v) is 9.44. The largest absolute Gasteiger partial charge is 0.344 e. The van der Waals surface area contributed by atoms with Gasteiger partial charge in [-0.25, -0.2) is 4.98 Å². The first kappa shape index (κ1) is 19.5. The number of aryl methyl sites for hydroxylation is 1. The smallest absolute Gasteiger partial charge is 0.265 e. The molecule has 2 aromatic rings. The molecular formula is C21H27N3O2S. The highest BCUT2D eigenvalue weighted by Crippen LogP contribution is 2.48. The first-order valence-corrected chi connectivity index (χ1v) is 10.00. The molecule has 1 aliphatic carbocycles. The van der Waals surface area contributed by atoms with Gasteiger partial charge in [0.15, 0.2) is 5.13 Å². The highest BCUT2D eigenvalue weighted by Gasteiger charge is 2.44. The summed E-state index contributed by atoms with van der Waals surface area (Å²) in [5.74, 6) is 0.136. The average Bonchev–Trinajstić information content (AvgIpc) is 3.31. The summed E-state index contributed by atoms with van der Waals surface area (Å²) in [5.41, 5.74) is 3.29. The summed E-state index contributed by atoms with van der Waals surface area (Å²) in [6.45, 7) is 8.38. The van der Waals surface area contributed by atoms with Crippen LogP contribution in [-0.4, -0.2) is 35.8 Å². The number of benzene rings is 1. The van der Waals surface area contributed by atoms with E-state index in [1.807, 2.05) is 0 Å². The SMILES string of the molecule is Cc1nc(NC(=O)[C@H]2C[C@@H]2c2ccc(C(C)(C)C)cc2)sc1C(=O)N(C)C. The third-order valence-electron chi connectivity index (χ3n) is 4.96. The molecule has 1 aromatic carbocycles. The van der Waals surface area contributed by atoms with Gasteiger partial charge in [-0.3, -0.25) is 9.59 Å². The van der Waals surface area contributed by atoms with Crippen LogP contribution >= 0.6 is 11.3 Å². The lowest BCUT2D eigenvalue weighted by atomic mass is 9.86. The van der Waals surface area contributed by atoms with Crippen molar-refractivity contribution >= 4 is 28.3 Å². The summed E-state index contributed by atoms with van der Waals surface area (Å²) in [7, 11) is 3.42. The summed E-state index contributed by atoms with van der Waals surface area (Å²) < 4.78 is 0. The Morgan fingerprint density at radius 3 is 2.37 bits per heavy atom. The maximum absolute atomic E-state index is 12.6. The van der Waals surface area contributed by atoms with Crippen LogP contribution in [0.15, 0.2) is 24.3 Å². The van der Waals surface area contributed by atoms with E-state index in [2.05, 4.69) is 55.3 Å². The first-order chi connectivity index (χ1) is 12.6. The zero-order chi connectivity index (χ0) is 19.9. The number of nitrogens with one attached hydrogen (secondary N) is 1. The van der Waals surface area contributed by atoms with E-state index in [-0.39, 0.29) is 29.1 Å². The van der Waals surface area contributed by atoms with Gasteiger partial charge in [0.25, 0.3) is 5.91 Å². The van der Waals surface area contributed by atoms with Gasteiger partial charge in [-0.1, -0.05) is 56.4 Å². The van der Waals surface area contributed by atoms with Crippen LogP contribution in [0.2, 0.25) is 0 Å². The average molecular weight is 386 g/mol. The number of rotatable bonds is 4. The number of carbonyl (C=O) groups is 2. The van der Waals surface area contributed by atoms with E-state index in [1.165, 1.54) is 27.4 Å². The normalized spacial score (nSPS) is 18.9. The summed E-state index contributed by atoms with van der Waals surface area (Å²) >= 11 is 1.24. The Hall–Kier alpha value is -2.21. The quantitative estimate of drug-likeness (QED) is 0.858. The summed E-state index contributed by atoms with van der Waals surface area (Å²) in [6, 6.07) is 8.59. The van der Waals surface area contributed by atoms with Crippen molar-refractivity contribution in [2.45, 2.75) is 45.4 Å². The Balaban J connectivity index is 1.64. The van der Waals surface area contributed by atoms with Crippen LogP contribution in [0.3, 0.4) is 0 Å². The lowest BCUT2D eigenvalue weighted by molar-refractivity contribution is -0.117. The van der Waals surface area contributed by atoms with Crippen LogP contribution in [-0.2, 0) is 10.2 Å². The Labute approximate surface area is 164 Å². The van der Waals surface area contributed by atoms with Gasteiger partial charge >= 0.3 is 0 Å². The molecule has 27 heavy (non-hydrogen) atoms. The minimum atomic E-state index is -0.0891. The highest BCUT2D eigenvalue weighted by molar-refractivity contribution is 7.17. The molecule has 2 amide bonds. The third-order valence-corrected chi connectivity index (χ3v) is 6.02. The molecule has 1 heterocycles. The van der Waals surface area contributed by atoms with Gasteiger partial charge in [-0.15, -0.1) is 0 Å². The predicted molar refractivity (Wildman–Crippen MR) is 109 cm³/mol. The molecule has 1 saturated carbocycles. The maximum atomic E-state index is 12.6. The van der Waals surface area contributed by atoms with Crippen LogP contribution in [0.5, 0.6) is 0 Å². The third kappa shape index (κ3) is 4.21. The fourth-order valence-electron chi connectivity index (χ4n) is 3.13. The van der Waals surface area contributed by atoms with Crippen LogP contribution in [0, 0.1) is 12.8 Å². The molecule has 1 aliphatic rings. The maximum Gasteiger partial charge on any atom is 0.265 e. The van der Waals surface area contributed by atoms with E-state index in [4.69, 9.17) is 0 Å². The van der Waals surface area contributed by atoms with Crippen molar-refractivity contribution in [3.8, 4) is 0 Å². The number of aromatic nitrogens is 1. The number of amides is 2. The summed E-state index contributed by atoms with van der Waals surface area (Å²) in [6.07, 6.45) is 0.856.